The van der Waals surface area contributed by atoms with E-state index in [9.17, 15) is 4.79 Å². The van der Waals surface area contributed by atoms with Gasteiger partial charge in [0.2, 0.25) is 5.91 Å². The van der Waals surface area contributed by atoms with Crippen molar-refractivity contribution in [3.63, 3.8) is 0 Å². The van der Waals surface area contributed by atoms with Gasteiger partial charge in [-0.15, -0.1) is 0 Å². The Morgan fingerprint density at radius 3 is 2.45 bits per heavy atom. The van der Waals surface area contributed by atoms with Crippen LogP contribution in [-0.4, -0.2) is 51.8 Å². The lowest BCUT2D eigenvalue weighted by Crippen LogP contribution is -2.37. The molecular formula is C23H30N2O4. The van der Waals surface area contributed by atoms with Crippen molar-refractivity contribution in [2.75, 3.05) is 41.0 Å². The third-order valence-corrected chi connectivity index (χ3v) is 5.40. The van der Waals surface area contributed by atoms with E-state index in [2.05, 4.69) is 10.2 Å². The van der Waals surface area contributed by atoms with Crippen LogP contribution >= 0.6 is 0 Å². The number of methoxy groups -OCH3 is 3. The van der Waals surface area contributed by atoms with Gasteiger partial charge >= 0.3 is 0 Å². The molecule has 2 aromatic carbocycles. The molecule has 1 aliphatic heterocycles. The monoisotopic (exact) mass is 398 g/mol. The van der Waals surface area contributed by atoms with Crippen molar-refractivity contribution in [3.8, 4) is 17.2 Å². The molecule has 1 unspecified atom stereocenters. The lowest BCUT2D eigenvalue weighted by molar-refractivity contribution is -0.122. The zero-order valence-corrected chi connectivity index (χ0v) is 17.4. The first-order chi connectivity index (χ1) is 14.1. The number of carbonyl (C=O) groups is 1. The van der Waals surface area contributed by atoms with E-state index < -0.39 is 0 Å². The molecule has 6 nitrogen and oxygen atoms in total. The molecule has 0 spiro atoms. The van der Waals surface area contributed by atoms with E-state index in [0.29, 0.717) is 13.1 Å². The molecule has 0 bridgehead atoms. The summed E-state index contributed by atoms with van der Waals surface area (Å²) in [7, 11) is 4.99. The summed E-state index contributed by atoms with van der Waals surface area (Å²) in [5.74, 6) is 2.53. The smallest absolute Gasteiger partial charge is 0.234 e. The Labute approximate surface area is 172 Å². The summed E-state index contributed by atoms with van der Waals surface area (Å²) in [6, 6.07) is 13.9. The molecule has 0 saturated carbocycles. The molecule has 1 aliphatic rings. The number of ether oxygens (including phenoxy) is 3. The van der Waals surface area contributed by atoms with E-state index in [1.807, 2.05) is 42.5 Å². The van der Waals surface area contributed by atoms with Crippen LogP contribution in [0.5, 0.6) is 17.2 Å². The van der Waals surface area contributed by atoms with Crippen molar-refractivity contribution in [2.24, 2.45) is 0 Å². The van der Waals surface area contributed by atoms with Crippen molar-refractivity contribution in [2.45, 2.75) is 25.3 Å². The minimum Gasteiger partial charge on any atom is -0.497 e. The van der Waals surface area contributed by atoms with E-state index in [4.69, 9.17) is 14.2 Å². The zero-order chi connectivity index (χ0) is 20.6. The van der Waals surface area contributed by atoms with Gasteiger partial charge in [-0.25, -0.2) is 0 Å². The van der Waals surface area contributed by atoms with Gasteiger partial charge in [0, 0.05) is 18.2 Å². The number of amides is 1. The van der Waals surface area contributed by atoms with Gasteiger partial charge in [0.1, 0.15) is 17.2 Å². The third-order valence-electron chi connectivity index (χ3n) is 5.40. The van der Waals surface area contributed by atoms with Crippen LogP contribution < -0.4 is 19.5 Å². The number of benzene rings is 2. The summed E-state index contributed by atoms with van der Waals surface area (Å²) in [4.78, 5) is 14.7. The fraction of sp³-hybridized carbons (Fsp3) is 0.435. The van der Waals surface area contributed by atoms with Gasteiger partial charge in [0.25, 0.3) is 0 Å². The van der Waals surface area contributed by atoms with Crippen molar-refractivity contribution in [1.82, 2.24) is 10.2 Å². The molecule has 1 amide bonds. The first-order valence-electron chi connectivity index (χ1n) is 10.00. The van der Waals surface area contributed by atoms with Crippen molar-refractivity contribution in [1.29, 1.82) is 0 Å². The fourth-order valence-electron chi connectivity index (χ4n) is 3.85. The van der Waals surface area contributed by atoms with Gasteiger partial charge in [0.15, 0.2) is 0 Å². The Morgan fingerprint density at radius 2 is 1.76 bits per heavy atom. The molecule has 0 radical (unpaired) electrons. The summed E-state index contributed by atoms with van der Waals surface area (Å²) in [5.41, 5.74) is 2.25. The van der Waals surface area contributed by atoms with Crippen molar-refractivity contribution < 1.29 is 19.0 Å². The molecular weight excluding hydrogens is 368 g/mol. The highest BCUT2D eigenvalue weighted by atomic mass is 16.5. The second-order valence-electron chi connectivity index (χ2n) is 7.18. The minimum atomic E-state index is 0.0484. The van der Waals surface area contributed by atoms with Gasteiger partial charge in [-0.3, -0.25) is 9.69 Å². The highest BCUT2D eigenvalue weighted by Crippen LogP contribution is 2.38. The highest BCUT2D eigenvalue weighted by molar-refractivity contribution is 5.78. The second-order valence-corrected chi connectivity index (χ2v) is 7.18. The molecule has 0 aliphatic carbocycles. The van der Waals surface area contributed by atoms with Crippen LogP contribution in [0.1, 0.15) is 30.0 Å². The van der Waals surface area contributed by atoms with E-state index in [1.54, 1.807) is 21.3 Å². The standard InChI is InChI=1S/C23H30N2O4/c1-27-18-8-6-17(7-9-18)12-13-24-23(26)16-25-14-4-5-21(25)20-15-19(28-2)10-11-22(20)29-3/h6-11,15,21H,4-5,12-14,16H2,1-3H3,(H,24,26). The topological polar surface area (TPSA) is 60.0 Å². The summed E-state index contributed by atoms with van der Waals surface area (Å²) in [6.45, 7) is 1.90. The Kier molecular flexibility index (Phi) is 7.36. The molecule has 1 atom stereocenters. The Hall–Kier alpha value is -2.73. The number of nitrogens with one attached hydrogen (secondary N) is 1. The van der Waals surface area contributed by atoms with Crippen LogP contribution in [0.2, 0.25) is 0 Å². The van der Waals surface area contributed by atoms with E-state index in [-0.39, 0.29) is 11.9 Å². The number of carbonyl (C=O) groups excluding carboxylic acids is 1. The molecule has 156 valence electrons. The summed E-state index contributed by atoms with van der Waals surface area (Å²) < 4.78 is 16.1. The Morgan fingerprint density at radius 1 is 1.03 bits per heavy atom. The molecule has 1 N–H and O–H groups in total. The number of hydrogen-bond donors (Lipinski definition) is 1. The zero-order valence-electron chi connectivity index (χ0n) is 17.4. The van der Waals surface area contributed by atoms with Gasteiger partial charge < -0.3 is 19.5 Å². The van der Waals surface area contributed by atoms with Crippen molar-refractivity contribution in [3.05, 3.63) is 53.6 Å². The lowest BCUT2D eigenvalue weighted by Gasteiger charge is -2.26. The van der Waals surface area contributed by atoms with Crippen LogP contribution in [0.4, 0.5) is 0 Å². The normalized spacial score (nSPS) is 16.4. The summed E-state index contributed by atoms with van der Waals surface area (Å²) >= 11 is 0. The molecule has 0 aromatic heterocycles. The van der Waals surface area contributed by atoms with Crippen LogP contribution in [0, 0.1) is 0 Å². The van der Waals surface area contributed by atoms with Crippen molar-refractivity contribution >= 4 is 5.91 Å². The molecule has 29 heavy (non-hydrogen) atoms. The SMILES string of the molecule is COc1ccc(CCNC(=O)CN2CCCC2c2cc(OC)ccc2OC)cc1. The van der Waals surface area contributed by atoms with Crippen LogP contribution in [0.25, 0.3) is 0 Å². The van der Waals surface area contributed by atoms with E-state index in [1.165, 1.54) is 5.56 Å². The molecule has 1 fully saturated rings. The molecule has 1 heterocycles. The van der Waals surface area contributed by atoms with Crippen LogP contribution in [0.15, 0.2) is 42.5 Å². The van der Waals surface area contributed by atoms with Gasteiger partial charge in [-0.1, -0.05) is 12.1 Å². The summed E-state index contributed by atoms with van der Waals surface area (Å²) in [6.07, 6.45) is 2.86. The Balaban J connectivity index is 1.55. The number of hydrogen-bond acceptors (Lipinski definition) is 5. The average Bonchev–Trinajstić information content (AvgIpc) is 3.21. The quantitative estimate of drug-likeness (QED) is 0.703. The molecule has 2 aromatic rings. The van der Waals surface area contributed by atoms with Gasteiger partial charge in [0.05, 0.1) is 27.9 Å². The highest BCUT2D eigenvalue weighted by Gasteiger charge is 2.30. The van der Waals surface area contributed by atoms with Gasteiger partial charge in [-0.05, 0) is 61.7 Å². The predicted octanol–water partition coefficient (Wildman–Crippen LogP) is 3.21. The second kappa shape index (κ2) is 10.2. The molecule has 1 saturated heterocycles. The van der Waals surface area contributed by atoms with Crippen LogP contribution in [0.3, 0.4) is 0 Å². The average molecular weight is 399 g/mol. The number of likely N-dealkylation sites (tertiary alicyclic amines) is 1. The minimum absolute atomic E-state index is 0.0484. The maximum atomic E-state index is 12.5. The first-order valence-corrected chi connectivity index (χ1v) is 10.00. The largest absolute Gasteiger partial charge is 0.497 e. The summed E-state index contributed by atoms with van der Waals surface area (Å²) in [5, 5.41) is 3.04. The van der Waals surface area contributed by atoms with E-state index in [0.717, 1.165) is 48.6 Å². The maximum absolute atomic E-state index is 12.5. The van der Waals surface area contributed by atoms with E-state index >= 15 is 0 Å². The van der Waals surface area contributed by atoms with Crippen LogP contribution in [-0.2, 0) is 11.2 Å². The fourth-order valence-corrected chi connectivity index (χ4v) is 3.85. The predicted molar refractivity (Wildman–Crippen MR) is 113 cm³/mol. The molecule has 3 rings (SSSR count). The molecule has 6 heteroatoms. The lowest BCUT2D eigenvalue weighted by atomic mass is 10.0. The Bertz CT molecular complexity index is 807. The van der Waals surface area contributed by atoms with Gasteiger partial charge in [-0.2, -0.15) is 0 Å². The first kappa shape index (κ1) is 21.0. The third kappa shape index (κ3) is 5.41. The number of nitrogens with zero attached hydrogens (tertiary/aromatic N) is 1. The number of rotatable bonds is 9. The maximum Gasteiger partial charge on any atom is 0.234 e.